The number of nitro benzene ring substituents is 1. The Kier molecular flexibility index (Phi) is 4.13. The van der Waals surface area contributed by atoms with E-state index in [9.17, 15) is 24.1 Å². The van der Waals surface area contributed by atoms with Gasteiger partial charge in [-0.25, -0.2) is 9.18 Å². The first-order valence-corrected chi connectivity index (χ1v) is 5.97. The molecule has 9 heteroatoms. The number of carboxylic acids is 1. The quantitative estimate of drug-likeness (QED) is 0.648. The summed E-state index contributed by atoms with van der Waals surface area (Å²) in [5.74, 6) is -2.82. The molecule has 0 bridgehead atoms. The monoisotopic (exact) mass is 298 g/mol. The molecule has 1 aromatic carbocycles. The van der Waals surface area contributed by atoms with E-state index in [0.717, 1.165) is 23.1 Å². The van der Waals surface area contributed by atoms with Gasteiger partial charge in [-0.15, -0.1) is 0 Å². The predicted molar refractivity (Wildman–Crippen MR) is 66.3 cm³/mol. The van der Waals surface area contributed by atoms with Crippen LogP contribution in [-0.2, 0) is 9.53 Å². The van der Waals surface area contributed by atoms with E-state index in [1.54, 1.807) is 0 Å². The molecule has 1 saturated heterocycles. The van der Waals surface area contributed by atoms with Gasteiger partial charge in [-0.1, -0.05) is 0 Å². The van der Waals surface area contributed by atoms with Gasteiger partial charge in [0.15, 0.2) is 6.10 Å². The van der Waals surface area contributed by atoms with Gasteiger partial charge in [0.25, 0.3) is 11.6 Å². The van der Waals surface area contributed by atoms with Crippen LogP contribution in [0.5, 0.6) is 0 Å². The molecule has 1 fully saturated rings. The number of carbonyl (C=O) groups excluding carboxylic acids is 1. The minimum atomic E-state index is -1.23. The van der Waals surface area contributed by atoms with Gasteiger partial charge in [-0.3, -0.25) is 14.9 Å². The number of benzene rings is 1. The molecular weight excluding hydrogens is 287 g/mol. The number of carboxylic acid groups (broad SMARTS) is 1. The highest BCUT2D eigenvalue weighted by atomic mass is 19.1. The third-order valence-corrected chi connectivity index (χ3v) is 3.01. The molecule has 21 heavy (non-hydrogen) atoms. The Morgan fingerprint density at radius 1 is 1.48 bits per heavy atom. The molecule has 1 amide bonds. The smallest absolute Gasteiger partial charge is 0.334 e. The van der Waals surface area contributed by atoms with Crippen molar-refractivity contribution >= 4 is 17.6 Å². The highest BCUT2D eigenvalue weighted by Crippen LogP contribution is 2.22. The first-order valence-electron chi connectivity index (χ1n) is 5.97. The van der Waals surface area contributed by atoms with Crippen LogP contribution in [0.1, 0.15) is 10.4 Å². The zero-order valence-corrected chi connectivity index (χ0v) is 10.7. The minimum absolute atomic E-state index is 0.00812. The second-order valence-corrected chi connectivity index (χ2v) is 4.37. The molecule has 112 valence electrons. The molecule has 0 saturated carbocycles. The molecule has 1 aromatic rings. The molecule has 8 nitrogen and oxygen atoms in total. The average molecular weight is 298 g/mol. The van der Waals surface area contributed by atoms with Crippen molar-refractivity contribution in [2.45, 2.75) is 6.10 Å². The summed E-state index contributed by atoms with van der Waals surface area (Å²) < 4.78 is 18.2. The van der Waals surface area contributed by atoms with Crippen molar-refractivity contribution < 1.29 is 28.7 Å². The van der Waals surface area contributed by atoms with Gasteiger partial charge in [0.1, 0.15) is 11.4 Å². The van der Waals surface area contributed by atoms with Gasteiger partial charge in [0.05, 0.1) is 18.1 Å². The Balaban J connectivity index is 2.29. The van der Waals surface area contributed by atoms with E-state index in [-0.39, 0.29) is 19.7 Å². The van der Waals surface area contributed by atoms with Crippen LogP contribution in [0.25, 0.3) is 0 Å². The van der Waals surface area contributed by atoms with Crippen LogP contribution in [0.15, 0.2) is 18.2 Å². The Hall–Kier alpha value is -2.55. The Morgan fingerprint density at radius 3 is 2.81 bits per heavy atom. The number of ether oxygens (including phenoxy) is 1. The minimum Gasteiger partial charge on any atom is -0.479 e. The first kappa shape index (κ1) is 14.9. The number of hydrogen-bond donors (Lipinski definition) is 1. The summed E-state index contributed by atoms with van der Waals surface area (Å²) >= 11 is 0. The molecule has 0 radical (unpaired) electrons. The van der Waals surface area contributed by atoms with E-state index in [0.29, 0.717) is 0 Å². The lowest BCUT2D eigenvalue weighted by Crippen LogP contribution is -2.48. The van der Waals surface area contributed by atoms with E-state index < -0.39 is 40.0 Å². The van der Waals surface area contributed by atoms with Crippen molar-refractivity contribution in [3.63, 3.8) is 0 Å². The molecule has 0 aliphatic carbocycles. The number of amides is 1. The molecular formula is C12H11FN2O6. The number of aliphatic carboxylic acids is 1. The molecule has 1 unspecified atom stereocenters. The van der Waals surface area contributed by atoms with Crippen LogP contribution in [0, 0.1) is 15.9 Å². The lowest BCUT2D eigenvalue weighted by atomic mass is 10.1. The standard InChI is InChI=1S/C12H11FN2O6/c13-7-1-2-9(15(19)20)8(5-7)11(16)14-3-4-21-10(6-14)12(17)18/h1-2,5,10H,3-4,6H2,(H,17,18). The van der Waals surface area contributed by atoms with Crippen molar-refractivity contribution in [2.24, 2.45) is 0 Å². The maximum absolute atomic E-state index is 13.2. The van der Waals surface area contributed by atoms with E-state index in [1.807, 2.05) is 0 Å². The van der Waals surface area contributed by atoms with Crippen LogP contribution < -0.4 is 0 Å². The number of halogens is 1. The number of nitrogens with zero attached hydrogens (tertiary/aromatic N) is 2. The van der Waals surface area contributed by atoms with E-state index in [2.05, 4.69) is 0 Å². The molecule has 0 aromatic heterocycles. The van der Waals surface area contributed by atoms with Crippen molar-refractivity contribution in [3.05, 3.63) is 39.7 Å². The average Bonchev–Trinajstić information content (AvgIpc) is 2.46. The second kappa shape index (κ2) is 5.83. The van der Waals surface area contributed by atoms with Crippen molar-refractivity contribution in [1.82, 2.24) is 4.90 Å². The maximum atomic E-state index is 13.2. The van der Waals surface area contributed by atoms with Crippen LogP contribution in [0.2, 0.25) is 0 Å². The lowest BCUT2D eigenvalue weighted by Gasteiger charge is -2.30. The maximum Gasteiger partial charge on any atom is 0.334 e. The van der Waals surface area contributed by atoms with E-state index in [1.165, 1.54) is 0 Å². The van der Waals surface area contributed by atoms with Gasteiger partial charge in [-0.2, -0.15) is 0 Å². The molecule has 1 heterocycles. The third kappa shape index (κ3) is 3.14. The summed E-state index contributed by atoms with van der Waals surface area (Å²) in [6.45, 7) is -0.177. The molecule has 2 rings (SSSR count). The summed E-state index contributed by atoms with van der Waals surface area (Å²) in [4.78, 5) is 34.3. The first-order chi connectivity index (χ1) is 9.90. The summed E-state index contributed by atoms with van der Waals surface area (Å²) in [6, 6.07) is 2.55. The lowest BCUT2D eigenvalue weighted by molar-refractivity contribution is -0.385. The fourth-order valence-corrected chi connectivity index (χ4v) is 1.99. The van der Waals surface area contributed by atoms with Gasteiger partial charge in [0, 0.05) is 12.6 Å². The molecule has 1 N–H and O–H groups in total. The number of rotatable bonds is 3. The molecule has 0 spiro atoms. The highest BCUT2D eigenvalue weighted by Gasteiger charge is 2.32. The highest BCUT2D eigenvalue weighted by molar-refractivity contribution is 5.98. The second-order valence-electron chi connectivity index (χ2n) is 4.37. The van der Waals surface area contributed by atoms with Crippen molar-refractivity contribution in [3.8, 4) is 0 Å². The fraction of sp³-hybridized carbons (Fsp3) is 0.333. The SMILES string of the molecule is O=C(O)C1CN(C(=O)c2cc(F)ccc2[N+](=O)[O-])CCO1. The molecule has 1 atom stereocenters. The normalized spacial score (nSPS) is 18.3. The molecule has 1 aliphatic rings. The number of carbonyl (C=O) groups is 2. The van der Waals surface area contributed by atoms with Crippen LogP contribution >= 0.6 is 0 Å². The Labute approximate surface area is 117 Å². The van der Waals surface area contributed by atoms with Crippen molar-refractivity contribution in [2.75, 3.05) is 19.7 Å². The van der Waals surface area contributed by atoms with Crippen molar-refractivity contribution in [1.29, 1.82) is 0 Å². The van der Waals surface area contributed by atoms with Crippen LogP contribution in [0.4, 0.5) is 10.1 Å². The van der Waals surface area contributed by atoms with E-state index in [4.69, 9.17) is 9.84 Å². The number of nitro groups is 1. The van der Waals surface area contributed by atoms with Crippen LogP contribution in [-0.4, -0.2) is 52.6 Å². The van der Waals surface area contributed by atoms with Gasteiger partial charge in [-0.05, 0) is 12.1 Å². The predicted octanol–water partition coefficient (Wildman–Crippen LogP) is 0.659. The number of hydrogen-bond acceptors (Lipinski definition) is 5. The zero-order valence-electron chi connectivity index (χ0n) is 10.7. The van der Waals surface area contributed by atoms with Gasteiger partial charge < -0.3 is 14.7 Å². The van der Waals surface area contributed by atoms with E-state index >= 15 is 0 Å². The summed E-state index contributed by atoms with van der Waals surface area (Å²) in [5, 5.41) is 19.8. The van der Waals surface area contributed by atoms with Crippen LogP contribution in [0.3, 0.4) is 0 Å². The zero-order chi connectivity index (χ0) is 15.6. The largest absolute Gasteiger partial charge is 0.479 e. The third-order valence-electron chi connectivity index (χ3n) is 3.01. The molecule has 1 aliphatic heterocycles. The topological polar surface area (TPSA) is 110 Å². The number of morpholine rings is 1. The van der Waals surface area contributed by atoms with Gasteiger partial charge in [0.2, 0.25) is 0 Å². The van der Waals surface area contributed by atoms with Gasteiger partial charge >= 0.3 is 5.97 Å². The Bertz CT molecular complexity index is 605. The fourth-order valence-electron chi connectivity index (χ4n) is 1.99. The summed E-state index contributed by atoms with van der Waals surface area (Å²) in [5.41, 5.74) is -0.939. The Morgan fingerprint density at radius 2 is 2.19 bits per heavy atom. The summed E-state index contributed by atoms with van der Waals surface area (Å²) in [6.07, 6.45) is -1.20. The summed E-state index contributed by atoms with van der Waals surface area (Å²) in [7, 11) is 0.